The monoisotopic (exact) mass is 184 g/mol. The number of amides is 1. The van der Waals surface area contributed by atoms with Gasteiger partial charge in [-0.2, -0.15) is 0 Å². The van der Waals surface area contributed by atoms with Crippen molar-refractivity contribution in [1.29, 1.82) is 0 Å². The predicted molar refractivity (Wildman–Crippen MR) is 51.0 cm³/mol. The van der Waals surface area contributed by atoms with Gasteiger partial charge in [0.1, 0.15) is 0 Å². The second-order valence-electron chi connectivity index (χ2n) is 3.64. The Morgan fingerprint density at radius 3 is 3.08 bits per heavy atom. The van der Waals surface area contributed by atoms with Crippen LogP contribution in [0.4, 0.5) is 0 Å². The van der Waals surface area contributed by atoms with Crippen molar-refractivity contribution in [3.05, 3.63) is 0 Å². The summed E-state index contributed by atoms with van der Waals surface area (Å²) in [5.41, 5.74) is 5.70. The van der Waals surface area contributed by atoms with Crippen LogP contribution < -0.4 is 16.4 Å². The summed E-state index contributed by atoms with van der Waals surface area (Å²) in [6.07, 6.45) is 3.14. The molecule has 2 unspecified atom stereocenters. The first kappa shape index (κ1) is 10.5. The molecule has 3 N–H and O–H groups in total. The molecule has 1 radical (unpaired) electrons. The zero-order valence-corrected chi connectivity index (χ0v) is 8.12. The number of hydrogen-bond donors (Lipinski definition) is 2. The second kappa shape index (κ2) is 5.19. The third-order valence-corrected chi connectivity index (χ3v) is 2.40. The van der Waals surface area contributed by atoms with E-state index in [1.54, 1.807) is 6.92 Å². The zero-order chi connectivity index (χ0) is 9.68. The van der Waals surface area contributed by atoms with Crippen LogP contribution in [0.3, 0.4) is 0 Å². The molecule has 1 rings (SSSR count). The lowest BCUT2D eigenvalue weighted by molar-refractivity contribution is -0.119. The van der Waals surface area contributed by atoms with Gasteiger partial charge in [0.2, 0.25) is 5.91 Å². The Hall–Kier alpha value is -0.610. The summed E-state index contributed by atoms with van der Waals surface area (Å²) >= 11 is 0. The second-order valence-corrected chi connectivity index (χ2v) is 3.64. The maximum Gasteiger partial charge on any atom is 0.216 e. The summed E-state index contributed by atoms with van der Waals surface area (Å²) in [6, 6.07) is 0. The van der Waals surface area contributed by atoms with Gasteiger partial charge in [-0.1, -0.05) is 0 Å². The summed E-state index contributed by atoms with van der Waals surface area (Å²) in [7, 11) is 0. The molecule has 0 bridgehead atoms. The molecule has 75 valence electrons. The van der Waals surface area contributed by atoms with Crippen molar-refractivity contribution in [3.8, 4) is 0 Å². The summed E-state index contributed by atoms with van der Waals surface area (Å²) in [5, 5.41) is 7.01. The van der Waals surface area contributed by atoms with Gasteiger partial charge < -0.3 is 11.1 Å². The lowest BCUT2D eigenvalue weighted by Crippen LogP contribution is -2.40. The van der Waals surface area contributed by atoms with Crippen LogP contribution in [-0.2, 0) is 4.79 Å². The van der Waals surface area contributed by atoms with Crippen molar-refractivity contribution in [1.82, 2.24) is 10.6 Å². The Morgan fingerprint density at radius 1 is 1.69 bits per heavy atom. The number of nitrogens with zero attached hydrogens (tertiary/aromatic N) is 1. The fraction of sp³-hybridized carbons (Fsp3) is 0.889. The van der Waals surface area contributed by atoms with Crippen LogP contribution in [0.1, 0.15) is 26.2 Å². The SMILES string of the molecule is CC(=O)NCCC1CC[N]C(N)C1. The minimum Gasteiger partial charge on any atom is -0.356 e. The van der Waals surface area contributed by atoms with Crippen molar-refractivity contribution >= 4 is 5.91 Å². The molecule has 0 saturated carbocycles. The van der Waals surface area contributed by atoms with E-state index in [0.29, 0.717) is 5.92 Å². The van der Waals surface area contributed by atoms with Crippen LogP contribution in [0, 0.1) is 5.92 Å². The van der Waals surface area contributed by atoms with Crippen LogP contribution >= 0.6 is 0 Å². The number of hydrogen-bond acceptors (Lipinski definition) is 2. The smallest absolute Gasteiger partial charge is 0.216 e. The number of nitrogens with one attached hydrogen (secondary N) is 1. The number of carbonyl (C=O) groups is 1. The van der Waals surface area contributed by atoms with Gasteiger partial charge in [0.15, 0.2) is 0 Å². The molecule has 1 saturated heterocycles. The molecule has 1 amide bonds. The van der Waals surface area contributed by atoms with E-state index in [1.807, 2.05) is 0 Å². The molecule has 0 aromatic rings. The van der Waals surface area contributed by atoms with Gasteiger partial charge in [-0.15, -0.1) is 0 Å². The molecule has 2 atom stereocenters. The fourth-order valence-electron chi connectivity index (χ4n) is 1.67. The fourth-order valence-corrected chi connectivity index (χ4v) is 1.67. The molecule has 0 aromatic carbocycles. The van der Waals surface area contributed by atoms with Crippen molar-refractivity contribution in [3.63, 3.8) is 0 Å². The van der Waals surface area contributed by atoms with Crippen LogP contribution in [0.25, 0.3) is 0 Å². The van der Waals surface area contributed by atoms with Crippen LogP contribution in [0.15, 0.2) is 0 Å². The molecule has 1 fully saturated rings. The number of rotatable bonds is 3. The van der Waals surface area contributed by atoms with Crippen molar-refractivity contribution < 1.29 is 4.79 Å². The van der Waals surface area contributed by atoms with E-state index in [0.717, 1.165) is 32.4 Å². The van der Waals surface area contributed by atoms with Crippen molar-refractivity contribution in [2.45, 2.75) is 32.4 Å². The minimum absolute atomic E-state index is 0.0241. The number of carbonyl (C=O) groups excluding carboxylic acids is 1. The van der Waals surface area contributed by atoms with E-state index in [1.165, 1.54) is 0 Å². The van der Waals surface area contributed by atoms with Crippen molar-refractivity contribution in [2.75, 3.05) is 13.1 Å². The first-order valence-corrected chi connectivity index (χ1v) is 4.85. The predicted octanol–water partition coefficient (Wildman–Crippen LogP) is -0.188. The maximum atomic E-state index is 10.6. The highest BCUT2D eigenvalue weighted by atomic mass is 16.1. The highest BCUT2D eigenvalue weighted by molar-refractivity contribution is 5.72. The number of piperidine rings is 1. The Kier molecular flexibility index (Phi) is 4.18. The average molecular weight is 184 g/mol. The third kappa shape index (κ3) is 4.24. The molecule has 0 aliphatic carbocycles. The Balaban J connectivity index is 2.10. The van der Waals surface area contributed by atoms with Crippen molar-refractivity contribution in [2.24, 2.45) is 11.7 Å². The summed E-state index contributed by atoms with van der Waals surface area (Å²) in [4.78, 5) is 10.6. The topological polar surface area (TPSA) is 69.2 Å². The molecule has 1 aliphatic rings. The van der Waals surface area contributed by atoms with Gasteiger partial charge >= 0.3 is 0 Å². The summed E-state index contributed by atoms with van der Waals surface area (Å²) in [6.45, 7) is 3.20. The van der Waals surface area contributed by atoms with Crippen LogP contribution in [-0.4, -0.2) is 25.2 Å². The quantitative estimate of drug-likeness (QED) is 0.638. The Labute approximate surface area is 79.3 Å². The summed E-state index contributed by atoms with van der Waals surface area (Å²) in [5.74, 6) is 0.684. The molecule has 1 aliphatic heterocycles. The molecule has 4 nitrogen and oxygen atoms in total. The molecule has 0 spiro atoms. The number of nitrogens with two attached hydrogens (primary N) is 1. The molecule has 13 heavy (non-hydrogen) atoms. The standard InChI is InChI=1S/C9H18N3O/c1-7(13)11-4-2-8-3-5-12-9(10)6-8/h8-9H,2-6,10H2,1H3,(H,11,13). The Morgan fingerprint density at radius 2 is 2.46 bits per heavy atom. The van der Waals surface area contributed by atoms with E-state index in [9.17, 15) is 4.79 Å². The van der Waals surface area contributed by atoms with Crippen LogP contribution in [0.5, 0.6) is 0 Å². The van der Waals surface area contributed by atoms with Gasteiger partial charge in [-0.05, 0) is 25.2 Å². The lowest BCUT2D eigenvalue weighted by atomic mass is 9.93. The zero-order valence-electron chi connectivity index (χ0n) is 8.12. The van der Waals surface area contributed by atoms with Gasteiger partial charge in [0.05, 0.1) is 6.17 Å². The average Bonchev–Trinajstić information content (AvgIpc) is 2.03. The minimum atomic E-state index is 0.0241. The third-order valence-electron chi connectivity index (χ3n) is 2.40. The van der Waals surface area contributed by atoms with Gasteiger partial charge in [-0.25, -0.2) is 5.32 Å². The molecule has 1 heterocycles. The highest BCUT2D eigenvalue weighted by Crippen LogP contribution is 2.17. The van der Waals surface area contributed by atoms with Gasteiger partial charge in [-0.3, -0.25) is 4.79 Å². The highest BCUT2D eigenvalue weighted by Gasteiger charge is 2.18. The van der Waals surface area contributed by atoms with E-state index in [2.05, 4.69) is 10.6 Å². The van der Waals surface area contributed by atoms with E-state index >= 15 is 0 Å². The van der Waals surface area contributed by atoms with E-state index < -0.39 is 0 Å². The van der Waals surface area contributed by atoms with Gasteiger partial charge in [0, 0.05) is 20.0 Å². The molecule has 0 aromatic heterocycles. The van der Waals surface area contributed by atoms with E-state index in [4.69, 9.17) is 5.73 Å². The first-order valence-electron chi connectivity index (χ1n) is 4.85. The molecular formula is C9H18N3O. The van der Waals surface area contributed by atoms with Crippen LogP contribution in [0.2, 0.25) is 0 Å². The Bertz CT molecular complexity index is 172. The molecule has 4 heteroatoms. The normalized spacial score (nSPS) is 28.5. The van der Waals surface area contributed by atoms with Gasteiger partial charge in [0.25, 0.3) is 0 Å². The largest absolute Gasteiger partial charge is 0.356 e. The summed E-state index contributed by atoms with van der Waals surface area (Å²) < 4.78 is 0. The maximum absolute atomic E-state index is 10.6. The molecular weight excluding hydrogens is 166 g/mol. The first-order chi connectivity index (χ1) is 6.18. The lowest BCUT2D eigenvalue weighted by Gasteiger charge is -2.26. The van der Waals surface area contributed by atoms with E-state index in [-0.39, 0.29) is 12.1 Å².